The molecule has 1 aromatic carbocycles. The minimum absolute atomic E-state index is 0.0246. The molecular weight excluding hydrogens is 306 g/mol. The first-order valence-electron chi connectivity index (χ1n) is 7.82. The van der Waals surface area contributed by atoms with Crippen LogP contribution in [0.25, 0.3) is 0 Å². The molecule has 0 fully saturated rings. The molecule has 0 atom stereocenters. The Kier molecular flexibility index (Phi) is 4.26. The molecule has 1 aliphatic rings. The van der Waals surface area contributed by atoms with Crippen LogP contribution in [0.4, 0.5) is 16.5 Å². The van der Waals surface area contributed by atoms with Gasteiger partial charge in [0.15, 0.2) is 0 Å². The third-order valence-corrected chi connectivity index (χ3v) is 4.66. The van der Waals surface area contributed by atoms with Crippen LogP contribution in [-0.4, -0.2) is 11.3 Å². The molecule has 0 amide bonds. The standard InChI is InChI=1S/C17H22N5S/c1-5-21-10-11-23-16(21)19-18-14-6-8-15(9-7-14)22-17(3,4)12-13(2)20-22/h6-11H,5,12H2,1-4H3/q+1. The van der Waals surface area contributed by atoms with E-state index in [1.807, 2.05) is 23.7 Å². The van der Waals surface area contributed by atoms with E-state index >= 15 is 0 Å². The summed E-state index contributed by atoms with van der Waals surface area (Å²) in [5.74, 6) is 0. The van der Waals surface area contributed by atoms with E-state index in [1.165, 1.54) is 5.71 Å². The van der Waals surface area contributed by atoms with Crippen LogP contribution in [0.2, 0.25) is 0 Å². The fraction of sp³-hybridized carbons (Fsp3) is 0.412. The van der Waals surface area contributed by atoms with Gasteiger partial charge in [0.2, 0.25) is 0 Å². The lowest BCUT2D eigenvalue weighted by Gasteiger charge is -2.30. The van der Waals surface area contributed by atoms with Crippen molar-refractivity contribution in [1.29, 1.82) is 0 Å². The number of nitrogens with zero attached hydrogens (tertiary/aromatic N) is 5. The van der Waals surface area contributed by atoms with E-state index in [0.29, 0.717) is 0 Å². The first-order valence-corrected chi connectivity index (χ1v) is 8.70. The molecule has 1 aliphatic heterocycles. The van der Waals surface area contributed by atoms with E-state index in [4.69, 9.17) is 0 Å². The highest BCUT2D eigenvalue weighted by atomic mass is 32.1. The molecule has 6 heteroatoms. The predicted octanol–water partition coefficient (Wildman–Crippen LogP) is 4.84. The Morgan fingerprint density at radius 3 is 2.61 bits per heavy atom. The molecule has 2 aromatic rings. The van der Waals surface area contributed by atoms with Gasteiger partial charge in [0.05, 0.1) is 22.9 Å². The molecule has 3 rings (SSSR count). The molecule has 0 aliphatic carbocycles. The Morgan fingerprint density at radius 2 is 2.00 bits per heavy atom. The van der Waals surface area contributed by atoms with Gasteiger partial charge in [0.25, 0.3) is 0 Å². The molecular formula is C17H22N5S+. The van der Waals surface area contributed by atoms with Crippen molar-refractivity contribution in [2.75, 3.05) is 5.01 Å². The Labute approximate surface area is 141 Å². The number of azo groups is 1. The fourth-order valence-electron chi connectivity index (χ4n) is 2.83. The van der Waals surface area contributed by atoms with Crippen LogP contribution in [0.5, 0.6) is 0 Å². The molecule has 0 saturated carbocycles. The first-order chi connectivity index (χ1) is 11.0. The number of thiazole rings is 1. The van der Waals surface area contributed by atoms with Gasteiger partial charge in [-0.05, 0) is 68.4 Å². The van der Waals surface area contributed by atoms with Gasteiger partial charge in [-0.15, -0.1) is 0 Å². The van der Waals surface area contributed by atoms with E-state index < -0.39 is 0 Å². The van der Waals surface area contributed by atoms with Crippen LogP contribution in [0.15, 0.2) is 51.2 Å². The number of aromatic nitrogens is 1. The highest BCUT2D eigenvalue weighted by Gasteiger charge is 2.33. The van der Waals surface area contributed by atoms with Crippen LogP contribution in [-0.2, 0) is 6.54 Å². The second kappa shape index (κ2) is 6.20. The molecule has 0 unspecified atom stereocenters. The second-order valence-corrected chi connectivity index (χ2v) is 7.20. The minimum Gasteiger partial charge on any atom is -0.260 e. The van der Waals surface area contributed by atoms with Crippen molar-refractivity contribution in [2.24, 2.45) is 15.3 Å². The number of hydrogen-bond donors (Lipinski definition) is 0. The van der Waals surface area contributed by atoms with Crippen LogP contribution >= 0.6 is 11.3 Å². The average molecular weight is 328 g/mol. The molecule has 2 heterocycles. The summed E-state index contributed by atoms with van der Waals surface area (Å²) in [6.07, 6.45) is 3.02. The fourth-order valence-corrected chi connectivity index (χ4v) is 3.57. The number of hydrogen-bond acceptors (Lipinski definition) is 5. The lowest BCUT2D eigenvalue weighted by molar-refractivity contribution is -0.676. The minimum atomic E-state index is 0.0246. The molecule has 0 radical (unpaired) electrons. The molecule has 0 bridgehead atoms. The van der Waals surface area contributed by atoms with E-state index in [-0.39, 0.29) is 5.54 Å². The Morgan fingerprint density at radius 1 is 1.26 bits per heavy atom. The first kappa shape index (κ1) is 15.8. The zero-order valence-electron chi connectivity index (χ0n) is 14.0. The number of aryl methyl sites for hydroxylation is 1. The van der Waals surface area contributed by atoms with Crippen LogP contribution < -0.4 is 9.58 Å². The monoisotopic (exact) mass is 328 g/mol. The lowest BCUT2D eigenvalue weighted by atomic mass is 9.98. The van der Waals surface area contributed by atoms with Gasteiger partial charge < -0.3 is 0 Å². The van der Waals surface area contributed by atoms with Crippen LogP contribution in [0, 0.1) is 0 Å². The maximum absolute atomic E-state index is 4.64. The van der Waals surface area contributed by atoms with E-state index in [0.717, 1.165) is 29.5 Å². The molecule has 0 saturated heterocycles. The van der Waals surface area contributed by atoms with Gasteiger partial charge in [-0.3, -0.25) is 5.01 Å². The summed E-state index contributed by atoms with van der Waals surface area (Å²) < 4.78 is 2.08. The van der Waals surface area contributed by atoms with Crippen molar-refractivity contribution in [3.63, 3.8) is 0 Å². The van der Waals surface area contributed by atoms with E-state index in [1.54, 1.807) is 11.3 Å². The second-order valence-electron chi connectivity index (χ2n) is 6.32. The van der Waals surface area contributed by atoms with Crippen LogP contribution in [0.1, 0.15) is 34.1 Å². The molecule has 1 aromatic heterocycles. The summed E-state index contributed by atoms with van der Waals surface area (Å²) in [4.78, 5) is 0. The predicted molar refractivity (Wildman–Crippen MR) is 95.1 cm³/mol. The number of hydrazone groups is 1. The quantitative estimate of drug-likeness (QED) is 0.585. The summed E-state index contributed by atoms with van der Waals surface area (Å²) in [6, 6.07) is 8.09. The van der Waals surface area contributed by atoms with Gasteiger partial charge in [-0.1, -0.05) is 0 Å². The summed E-state index contributed by atoms with van der Waals surface area (Å²) in [5, 5.41) is 18.4. The van der Waals surface area contributed by atoms with Crippen molar-refractivity contribution >= 4 is 33.6 Å². The van der Waals surface area contributed by atoms with Gasteiger partial charge >= 0.3 is 5.13 Å². The normalized spacial score (nSPS) is 17.0. The van der Waals surface area contributed by atoms with E-state index in [9.17, 15) is 0 Å². The number of benzene rings is 1. The van der Waals surface area contributed by atoms with Gasteiger partial charge in [0, 0.05) is 17.5 Å². The molecule has 23 heavy (non-hydrogen) atoms. The van der Waals surface area contributed by atoms with Crippen molar-refractivity contribution in [1.82, 2.24) is 0 Å². The smallest absolute Gasteiger partial charge is 0.260 e. The summed E-state index contributed by atoms with van der Waals surface area (Å²) in [6.45, 7) is 9.50. The SMILES string of the molecule is CC[n+]1ccsc1N=Nc1ccc(N2N=C(C)CC2(C)C)cc1. The van der Waals surface area contributed by atoms with Crippen LogP contribution in [0.3, 0.4) is 0 Å². The van der Waals surface area contributed by atoms with Gasteiger partial charge in [-0.25, -0.2) is 4.57 Å². The highest BCUT2D eigenvalue weighted by molar-refractivity contribution is 7.12. The molecule has 0 N–H and O–H groups in total. The van der Waals surface area contributed by atoms with Gasteiger partial charge in [0.1, 0.15) is 11.9 Å². The third-order valence-electron chi connectivity index (χ3n) is 3.88. The highest BCUT2D eigenvalue weighted by Crippen LogP contribution is 2.33. The number of rotatable bonds is 4. The maximum atomic E-state index is 4.64. The van der Waals surface area contributed by atoms with Crippen molar-refractivity contribution in [2.45, 2.75) is 46.2 Å². The van der Waals surface area contributed by atoms with Crippen molar-refractivity contribution in [3.8, 4) is 0 Å². The molecule has 120 valence electrons. The van der Waals surface area contributed by atoms with Crippen molar-refractivity contribution in [3.05, 3.63) is 35.8 Å². The zero-order valence-corrected chi connectivity index (χ0v) is 14.8. The summed E-state index contributed by atoms with van der Waals surface area (Å²) in [5.41, 5.74) is 3.13. The third kappa shape index (κ3) is 3.32. The lowest BCUT2D eigenvalue weighted by Crippen LogP contribution is -2.36. The largest absolute Gasteiger partial charge is 0.408 e. The Bertz CT molecular complexity index is 743. The Hall–Kier alpha value is -2.08. The summed E-state index contributed by atoms with van der Waals surface area (Å²) >= 11 is 1.59. The Balaban J connectivity index is 1.78. The van der Waals surface area contributed by atoms with E-state index in [2.05, 4.69) is 64.7 Å². The molecule has 0 spiro atoms. The number of anilines is 1. The topological polar surface area (TPSA) is 44.2 Å². The van der Waals surface area contributed by atoms with Gasteiger partial charge in [-0.2, -0.15) is 5.10 Å². The zero-order chi connectivity index (χ0) is 16.4. The maximum Gasteiger partial charge on any atom is 0.408 e. The molecule has 5 nitrogen and oxygen atoms in total. The summed E-state index contributed by atoms with van der Waals surface area (Å²) in [7, 11) is 0. The van der Waals surface area contributed by atoms with Crippen molar-refractivity contribution < 1.29 is 4.57 Å². The average Bonchev–Trinajstić information content (AvgIpc) is 3.08.